The van der Waals surface area contributed by atoms with Gasteiger partial charge in [-0.1, -0.05) is 26.0 Å². The zero-order valence-corrected chi connectivity index (χ0v) is 11.3. The summed E-state index contributed by atoms with van der Waals surface area (Å²) < 4.78 is 4.29. The standard InChI is InChI=1S/C12H14ClN3S/c1-8(2)11-15-12(17-16-11)14-10-5-3-9(7-13)4-6-10/h3-6,8H,7H2,1-2H3,(H,14,15,16). The van der Waals surface area contributed by atoms with Gasteiger partial charge in [0.15, 0.2) is 0 Å². The van der Waals surface area contributed by atoms with Gasteiger partial charge >= 0.3 is 0 Å². The van der Waals surface area contributed by atoms with E-state index in [1.807, 2.05) is 24.3 Å². The first kappa shape index (κ1) is 12.3. The Labute approximate surface area is 110 Å². The third-order valence-corrected chi connectivity index (χ3v) is 3.27. The summed E-state index contributed by atoms with van der Waals surface area (Å²) in [6.07, 6.45) is 0. The molecule has 0 spiro atoms. The van der Waals surface area contributed by atoms with E-state index < -0.39 is 0 Å². The molecule has 0 saturated heterocycles. The molecule has 0 aliphatic rings. The van der Waals surface area contributed by atoms with Gasteiger partial charge in [-0.2, -0.15) is 4.37 Å². The van der Waals surface area contributed by atoms with Crippen molar-refractivity contribution < 1.29 is 0 Å². The number of nitrogens with one attached hydrogen (secondary N) is 1. The molecule has 17 heavy (non-hydrogen) atoms. The summed E-state index contributed by atoms with van der Waals surface area (Å²) in [5, 5.41) is 4.06. The molecule has 0 bridgehead atoms. The second kappa shape index (κ2) is 5.47. The molecule has 1 aromatic heterocycles. The van der Waals surface area contributed by atoms with E-state index in [-0.39, 0.29) is 0 Å². The van der Waals surface area contributed by atoms with Crippen molar-refractivity contribution in [2.24, 2.45) is 0 Å². The molecule has 2 aromatic rings. The van der Waals surface area contributed by atoms with Crippen LogP contribution in [-0.4, -0.2) is 9.36 Å². The summed E-state index contributed by atoms with van der Waals surface area (Å²) in [5.74, 6) is 1.78. The van der Waals surface area contributed by atoms with Crippen LogP contribution in [0.2, 0.25) is 0 Å². The van der Waals surface area contributed by atoms with Crippen LogP contribution in [-0.2, 0) is 5.88 Å². The lowest BCUT2D eigenvalue weighted by molar-refractivity contribution is 0.800. The minimum Gasteiger partial charge on any atom is -0.330 e. The van der Waals surface area contributed by atoms with Crippen molar-refractivity contribution >= 4 is 34.0 Å². The Kier molecular flexibility index (Phi) is 3.97. The van der Waals surface area contributed by atoms with E-state index in [0.717, 1.165) is 22.2 Å². The van der Waals surface area contributed by atoms with Crippen LogP contribution < -0.4 is 5.32 Å². The molecule has 1 aromatic carbocycles. The van der Waals surface area contributed by atoms with Crippen molar-refractivity contribution in [1.82, 2.24) is 9.36 Å². The zero-order valence-electron chi connectivity index (χ0n) is 9.77. The van der Waals surface area contributed by atoms with Gasteiger partial charge in [-0.25, -0.2) is 4.98 Å². The van der Waals surface area contributed by atoms with Crippen LogP contribution in [0.1, 0.15) is 31.2 Å². The van der Waals surface area contributed by atoms with Gasteiger partial charge in [0.2, 0.25) is 5.13 Å². The smallest absolute Gasteiger partial charge is 0.207 e. The maximum atomic E-state index is 5.74. The Morgan fingerprint density at radius 1 is 1.29 bits per heavy atom. The van der Waals surface area contributed by atoms with Crippen LogP contribution >= 0.6 is 23.1 Å². The molecule has 0 saturated carbocycles. The van der Waals surface area contributed by atoms with Crippen LogP contribution in [0.4, 0.5) is 10.8 Å². The van der Waals surface area contributed by atoms with Gasteiger partial charge in [0, 0.05) is 29.0 Å². The van der Waals surface area contributed by atoms with Crippen LogP contribution in [0.3, 0.4) is 0 Å². The van der Waals surface area contributed by atoms with E-state index in [1.54, 1.807) is 0 Å². The fourth-order valence-corrected chi connectivity index (χ4v) is 2.23. The predicted octanol–water partition coefficient (Wildman–Crippen LogP) is 4.14. The van der Waals surface area contributed by atoms with Crippen molar-refractivity contribution in [3.63, 3.8) is 0 Å². The number of hydrogen-bond acceptors (Lipinski definition) is 4. The maximum Gasteiger partial charge on any atom is 0.207 e. The van der Waals surface area contributed by atoms with E-state index in [4.69, 9.17) is 11.6 Å². The molecule has 0 atom stereocenters. The molecule has 90 valence electrons. The fraction of sp³-hybridized carbons (Fsp3) is 0.333. The van der Waals surface area contributed by atoms with E-state index in [0.29, 0.717) is 11.8 Å². The first-order valence-corrected chi connectivity index (χ1v) is 6.75. The third-order valence-electron chi connectivity index (χ3n) is 2.32. The van der Waals surface area contributed by atoms with Gasteiger partial charge in [-0.05, 0) is 17.7 Å². The largest absolute Gasteiger partial charge is 0.330 e. The van der Waals surface area contributed by atoms with Gasteiger partial charge in [0.1, 0.15) is 5.82 Å². The maximum absolute atomic E-state index is 5.74. The molecular weight excluding hydrogens is 254 g/mol. The topological polar surface area (TPSA) is 37.8 Å². The van der Waals surface area contributed by atoms with Crippen molar-refractivity contribution in [2.75, 3.05) is 5.32 Å². The quantitative estimate of drug-likeness (QED) is 0.846. The highest BCUT2D eigenvalue weighted by Gasteiger charge is 2.07. The minimum atomic E-state index is 0.362. The molecule has 0 unspecified atom stereocenters. The lowest BCUT2D eigenvalue weighted by atomic mass is 10.2. The Morgan fingerprint density at radius 2 is 2.00 bits per heavy atom. The Hall–Kier alpha value is -1.13. The van der Waals surface area contributed by atoms with Crippen molar-refractivity contribution in [3.05, 3.63) is 35.7 Å². The monoisotopic (exact) mass is 267 g/mol. The average molecular weight is 268 g/mol. The normalized spacial score (nSPS) is 10.8. The van der Waals surface area contributed by atoms with E-state index in [9.17, 15) is 0 Å². The number of nitrogens with zero attached hydrogens (tertiary/aromatic N) is 2. The molecule has 0 radical (unpaired) electrons. The number of benzene rings is 1. The summed E-state index contributed by atoms with van der Waals surface area (Å²) in [7, 11) is 0. The molecule has 0 amide bonds. The number of halogens is 1. The van der Waals surface area contributed by atoms with E-state index in [2.05, 4.69) is 28.5 Å². The Balaban J connectivity index is 2.08. The van der Waals surface area contributed by atoms with Crippen LogP contribution in [0.25, 0.3) is 0 Å². The summed E-state index contributed by atoms with van der Waals surface area (Å²) in [5.41, 5.74) is 2.11. The molecule has 0 aliphatic heterocycles. The van der Waals surface area contributed by atoms with Crippen LogP contribution in [0, 0.1) is 0 Å². The molecule has 2 rings (SSSR count). The van der Waals surface area contributed by atoms with Crippen molar-refractivity contribution in [1.29, 1.82) is 0 Å². The highest BCUT2D eigenvalue weighted by atomic mass is 35.5. The molecule has 1 N–H and O–H groups in total. The second-order valence-electron chi connectivity index (χ2n) is 4.07. The molecular formula is C12H14ClN3S. The first-order chi connectivity index (χ1) is 8.19. The Bertz CT molecular complexity index is 479. The number of anilines is 2. The number of hydrogen-bond donors (Lipinski definition) is 1. The molecule has 3 nitrogen and oxygen atoms in total. The lowest BCUT2D eigenvalue weighted by Gasteiger charge is -2.02. The zero-order chi connectivity index (χ0) is 12.3. The van der Waals surface area contributed by atoms with E-state index in [1.165, 1.54) is 11.5 Å². The van der Waals surface area contributed by atoms with Crippen LogP contribution in [0.5, 0.6) is 0 Å². The summed E-state index contributed by atoms with van der Waals surface area (Å²) in [6.45, 7) is 4.17. The van der Waals surface area contributed by atoms with Gasteiger partial charge in [-0.3, -0.25) is 0 Å². The Morgan fingerprint density at radius 3 is 2.53 bits per heavy atom. The number of aromatic nitrogens is 2. The van der Waals surface area contributed by atoms with E-state index >= 15 is 0 Å². The average Bonchev–Trinajstić information content (AvgIpc) is 2.79. The third kappa shape index (κ3) is 3.17. The molecule has 0 fully saturated rings. The van der Waals surface area contributed by atoms with Gasteiger partial charge < -0.3 is 5.32 Å². The number of alkyl halides is 1. The number of rotatable bonds is 4. The summed E-state index contributed by atoms with van der Waals surface area (Å²) >= 11 is 7.12. The molecule has 0 aliphatic carbocycles. The second-order valence-corrected chi connectivity index (χ2v) is 5.09. The van der Waals surface area contributed by atoms with Crippen molar-refractivity contribution in [2.45, 2.75) is 25.6 Å². The summed E-state index contributed by atoms with van der Waals surface area (Å²) in [6, 6.07) is 7.99. The van der Waals surface area contributed by atoms with Gasteiger partial charge in [-0.15, -0.1) is 11.6 Å². The first-order valence-electron chi connectivity index (χ1n) is 5.44. The predicted molar refractivity (Wildman–Crippen MR) is 73.3 cm³/mol. The molecule has 1 heterocycles. The van der Waals surface area contributed by atoms with Crippen molar-refractivity contribution in [3.8, 4) is 0 Å². The van der Waals surface area contributed by atoms with Gasteiger partial charge in [0.25, 0.3) is 0 Å². The SMILES string of the molecule is CC(C)c1nsc(Nc2ccc(CCl)cc2)n1. The lowest BCUT2D eigenvalue weighted by Crippen LogP contribution is -1.92. The highest BCUT2D eigenvalue weighted by molar-refractivity contribution is 7.09. The highest BCUT2D eigenvalue weighted by Crippen LogP contribution is 2.22. The minimum absolute atomic E-state index is 0.362. The summed E-state index contributed by atoms with van der Waals surface area (Å²) in [4.78, 5) is 4.42. The fourth-order valence-electron chi connectivity index (χ4n) is 1.32. The van der Waals surface area contributed by atoms with Gasteiger partial charge in [0.05, 0.1) is 0 Å². The molecule has 5 heteroatoms. The van der Waals surface area contributed by atoms with Crippen LogP contribution in [0.15, 0.2) is 24.3 Å².